The van der Waals surface area contributed by atoms with Crippen molar-refractivity contribution in [2.24, 2.45) is 11.8 Å². The molecular weight excluding hydrogens is 311 g/mol. The molecule has 0 bridgehead atoms. The van der Waals surface area contributed by atoms with Crippen molar-refractivity contribution in [2.75, 3.05) is 0 Å². The summed E-state index contributed by atoms with van der Waals surface area (Å²) in [5.74, 6) is 1.42. The molecule has 0 unspecified atom stereocenters. The van der Waals surface area contributed by atoms with Gasteiger partial charge in [0, 0.05) is 0 Å². The predicted molar refractivity (Wildman–Crippen MR) is 77.0 cm³/mol. The standard InChI is InChI=1S/2C8H11.Sn/c2*1-7(2)8-5-3-4-6-8;/h2*3,5,7H,4H2,1-2H3;. The molecule has 2 radical (unpaired) electrons. The Balaban J connectivity index is 2.18. The summed E-state index contributed by atoms with van der Waals surface area (Å²) in [4.78, 5) is 0. The van der Waals surface area contributed by atoms with Gasteiger partial charge in [-0.1, -0.05) is 0 Å². The molecule has 0 aromatic heterocycles. The van der Waals surface area contributed by atoms with Crippen LogP contribution in [-0.2, 0) is 0 Å². The van der Waals surface area contributed by atoms with Gasteiger partial charge in [0.1, 0.15) is 0 Å². The first-order valence-corrected chi connectivity index (χ1v) is 9.51. The van der Waals surface area contributed by atoms with E-state index in [4.69, 9.17) is 0 Å². The summed E-state index contributed by atoms with van der Waals surface area (Å²) in [6.07, 6.45) is 12.0. The maximum absolute atomic E-state index is 2.37. The molecule has 0 amide bonds. The molecule has 2 aliphatic rings. The second kappa shape index (κ2) is 5.60. The van der Waals surface area contributed by atoms with Gasteiger partial charge in [0.15, 0.2) is 0 Å². The monoisotopic (exact) mass is 334 g/mol. The third kappa shape index (κ3) is 2.96. The summed E-state index contributed by atoms with van der Waals surface area (Å²) >= 11 is -0.491. The summed E-state index contributed by atoms with van der Waals surface area (Å²) in [6.45, 7) is 9.31. The van der Waals surface area contributed by atoms with Crippen molar-refractivity contribution in [1.82, 2.24) is 0 Å². The van der Waals surface area contributed by atoms with Crippen molar-refractivity contribution < 1.29 is 0 Å². The Labute approximate surface area is 116 Å². The van der Waals surface area contributed by atoms with Crippen LogP contribution >= 0.6 is 0 Å². The molecule has 0 atom stereocenters. The van der Waals surface area contributed by atoms with E-state index in [0.717, 1.165) is 0 Å². The van der Waals surface area contributed by atoms with Crippen LogP contribution in [0.15, 0.2) is 42.6 Å². The Bertz CT molecular complexity index is 377. The number of rotatable bonds is 4. The van der Waals surface area contributed by atoms with Gasteiger partial charge < -0.3 is 0 Å². The van der Waals surface area contributed by atoms with Crippen LogP contribution in [0.25, 0.3) is 0 Å². The van der Waals surface area contributed by atoms with Crippen molar-refractivity contribution in [3.63, 3.8) is 0 Å². The molecule has 0 spiro atoms. The van der Waals surface area contributed by atoms with E-state index in [0.29, 0.717) is 11.8 Å². The first kappa shape index (κ1) is 13.2. The van der Waals surface area contributed by atoms with Gasteiger partial charge in [-0.05, 0) is 0 Å². The van der Waals surface area contributed by atoms with Gasteiger partial charge in [-0.2, -0.15) is 0 Å². The topological polar surface area (TPSA) is 0 Å². The summed E-state index contributed by atoms with van der Waals surface area (Å²) in [5, 5.41) is 0. The Morgan fingerprint density at radius 2 is 1.24 bits per heavy atom. The second-order valence-corrected chi connectivity index (χ2v) is 9.67. The molecule has 17 heavy (non-hydrogen) atoms. The Morgan fingerprint density at radius 3 is 1.59 bits per heavy atom. The summed E-state index contributed by atoms with van der Waals surface area (Å²) < 4.78 is 3.64. The van der Waals surface area contributed by atoms with E-state index in [2.05, 4.69) is 52.0 Å². The number of hydrogen-bond acceptors (Lipinski definition) is 0. The minimum atomic E-state index is -0.491. The molecule has 0 aromatic rings. The zero-order valence-corrected chi connectivity index (χ0v) is 14.2. The van der Waals surface area contributed by atoms with Crippen LogP contribution < -0.4 is 0 Å². The molecule has 0 aromatic carbocycles. The Hall–Kier alpha value is -0.241. The molecule has 0 aliphatic heterocycles. The molecule has 0 fully saturated rings. The molecule has 2 aliphatic carbocycles. The van der Waals surface area contributed by atoms with Gasteiger partial charge in [0.2, 0.25) is 0 Å². The van der Waals surface area contributed by atoms with E-state index in [1.807, 2.05) is 7.18 Å². The fourth-order valence-electron chi connectivity index (χ4n) is 2.55. The normalized spacial score (nSPS) is 19.6. The second-order valence-electron chi connectivity index (χ2n) is 5.52. The summed E-state index contributed by atoms with van der Waals surface area (Å²) in [5.41, 5.74) is 3.30. The van der Waals surface area contributed by atoms with Crippen molar-refractivity contribution in [3.05, 3.63) is 42.6 Å². The van der Waals surface area contributed by atoms with Crippen LogP contribution in [0, 0.1) is 11.8 Å². The van der Waals surface area contributed by atoms with Crippen molar-refractivity contribution in [3.8, 4) is 0 Å². The van der Waals surface area contributed by atoms with Crippen LogP contribution in [0.1, 0.15) is 40.5 Å². The Morgan fingerprint density at radius 1 is 0.824 bits per heavy atom. The summed E-state index contributed by atoms with van der Waals surface area (Å²) in [7, 11) is 0. The molecule has 0 nitrogen and oxygen atoms in total. The van der Waals surface area contributed by atoms with Gasteiger partial charge in [0.05, 0.1) is 0 Å². The zero-order chi connectivity index (χ0) is 12.4. The Kier molecular flexibility index (Phi) is 4.35. The van der Waals surface area contributed by atoms with E-state index >= 15 is 0 Å². The zero-order valence-electron chi connectivity index (χ0n) is 11.4. The molecule has 1 heteroatoms. The average molecular weight is 333 g/mol. The first-order chi connectivity index (χ1) is 8.09. The van der Waals surface area contributed by atoms with Gasteiger partial charge in [-0.25, -0.2) is 0 Å². The molecule has 2 rings (SSSR count). The summed E-state index contributed by atoms with van der Waals surface area (Å²) in [6, 6.07) is 0. The fourth-order valence-corrected chi connectivity index (χ4v) is 7.80. The molecular formula is C16H22Sn. The van der Waals surface area contributed by atoms with Gasteiger partial charge >= 0.3 is 116 Å². The van der Waals surface area contributed by atoms with Crippen molar-refractivity contribution in [2.45, 2.75) is 40.5 Å². The van der Waals surface area contributed by atoms with E-state index in [1.54, 1.807) is 11.1 Å². The number of allylic oxidation sites excluding steroid dienone is 8. The average Bonchev–Trinajstić information content (AvgIpc) is 2.86. The van der Waals surface area contributed by atoms with E-state index in [9.17, 15) is 0 Å². The SMILES string of the molecule is CC(C)C1=[C]([Sn][C]2=C(C(C)C)C=CC2)CC=C1. The van der Waals surface area contributed by atoms with Crippen LogP contribution in [0.2, 0.25) is 0 Å². The van der Waals surface area contributed by atoms with Gasteiger partial charge in [-0.15, -0.1) is 0 Å². The maximum atomic E-state index is 2.37. The third-order valence-electron chi connectivity index (χ3n) is 3.48. The van der Waals surface area contributed by atoms with E-state index in [-0.39, 0.29) is 0 Å². The molecule has 90 valence electrons. The quantitative estimate of drug-likeness (QED) is 0.668. The third-order valence-corrected chi connectivity index (χ3v) is 8.02. The van der Waals surface area contributed by atoms with Crippen molar-refractivity contribution in [1.29, 1.82) is 0 Å². The van der Waals surface area contributed by atoms with Crippen LogP contribution in [-0.4, -0.2) is 21.1 Å². The minimum absolute atomic E-state index is 0.491. The van der Waals surface area contributed by atoms with Crippen molar-refractivity contribution >= 4 is 21.1 Å². The van der Waals surface area contributed by atoms with Gasteiger partial charge in [0.25, 0.3) is 0 Å². The molecule has 0 heterocycles. The van der Waals surface area contributed by atoms with E-state index in [1.165, 1.54) is 12.8 Å². The predicted octanol–water partition coefficient (Wildman–Crippen LogP) is 4.43. The molecule has 0 saturated carbocycles. The first-order valence-electron chi connectivity index (χ1n) is 6.65. The van der Waals surface area contributed by atoms with Crippen LogP contribution in [0.5, 0.6) is 0 Å². The van der Waals surface area contributed by atoms with E-state index < -0.39 is 21.1 Å². The van der Waals surface area contributed by atoms with Crippen LogP contribution in [0.4, 0.5) is 0 Å². The fraction of sp³-hybridized carbons (Fsp3) is 0.500. The van der Waals surface area contributed by atoms with Crippen LogP contribution in [0.3, 0.4) is 0 Å². The molecule has 0 N–H and O–H groups in total. The molecule has 0 saturated heterocycles. The van der Waals surface area contributed by atoms with Gasteiger partial charge in [-0.3, -0.25) is 0 Å². The number of hydrogen-bond donors (Lipinski definition) is 0.